The first kappa shape index (κ1) is 32.4. The van der Waals surface area contributed by atoms with Crippen LogP contribution in [0.4, 0.5) is 0 Å². The van der Waals surface area contributed by atoms with Crippen molar-refractivity contribution in [3.63, 3.8) is 0 Å². The highest BCUT2D eigenvalue weighted by Gasteiger charge is 2.30. The van der Waals surface area contributed by atoms with Gasteiger partial charge in [0.05, 0.1) is 6.04 Å². The molecule has 0 aliphatic rings. The van der Waals surface area contributed by atoms with Crippen LogP contribution in [-0.2, 0) is 19.2 Å². The number of guanidine groups is 2. The number of carboxylic acids is 1. The summed E-state index contributed by atoms with van der Waals surface area (Å²) in [4.78, 5) is 57.5. The fraction of sp³-hybridized carbons (Fsp3) is 0.714. The summed E-state index contributed by atoms with van der Waals surface area (Å²) in [5, 5.41) is 17.1. The van der Waals surface area contributed by atoms with Gasteiger partial charge in [0.25, 0.3) is 0 Å². The van der Waals surface area contributed by atoms with Crippen LogP contribution in [0, 0.1) is 5.92 Å². The summed E-state index contributed by atoms with van der Waals surface area (Å²) >= 11 is 0. The Morgan fingerprint density at radius 3 is 1.44 bits per heavy atom. The third kappa shape index (κ3) is 14.6. The summed E-state index contributed by atoms with van der Waals surface area (Å²) in [6.07, 6.45) is 1.15. The van der Waals surface area contributed by atoms with Crippen molar-refractivity contribution < 1.29 is 24.3 Å². The predicted molar refractivity (Wildman–Crippen MR) is 136 cm³/mol. The standard InChI is InChI=1S/C21H42N10O5/c1-11(2)10-15(19(35)36)31-18(34)14(7-5-9-28-21(25)26)30-17(33)13(29-16(32)12(3)22)6-4-8-27-20(23)24/h11-15H,4-10,22H2,1-3H3,(H,29,32)(H,30,33)(H,31,34)(H,35,36)(H4,23,24,27)(H4,25,26,28)/t12-,13-,14-,15-/m0/s1. The lowest BCUT2D eigenvalue weighted by molar-refractivity contribution is -0.142. The molecule has 0 unspecified atom stereocenters. The first-order valence-corrected chi connectivity index (χ1v) is 11.7. The average Bonchev–Trinajstić information content (AvgIpc) is 2.76. The second-order valence-corrected chi connectivity index (χ2v) is 8.84. The number of carbonyl (C=O) groups excluding carboxylic acids is 3. The molecule has 0 aromatic heterocycles. The van der Waals surface area contributed by atoms with Crippen molar-refractivity contribution in [2.45, 2.75) is 77.0 Å². The molecule has 206 valence electrons. The summed E-state index contributed by atoms with van der Waals surface area (Å²) in [7, 11) is 0. The Bertz CT molecular complexity index is 792. The quantitative estimate of drug-likeness (QED) is 0.0539. The van der Waals surface area contributed by atoms with Gasteiger partial charge in [-0.25, -0.2) is 4.79 Å². The van der Waals surface area contributed by atoms with Gasteiger partial charge in [-0.2, -0.15) is 0 Å². The number of amides is 3. The topological polar surface area (TPSA) is 279 Å². The molecule has 0 bridgehead atoms. The molecule has 14 N–H and O–H groups in total. The lowest BCUT2D eigenvalue weighted by atomic mass is 10.0. The number of carbonyl (C=O) groups is 4. The molecule has 0 spiro atoms. The van der Waals surface area contributed by atoms with Crippen molar-refractivity contribution in [3.8, 4) is 0 Å². The maximum Gasteiger partial charge on any atom is 0.326 e. The number of nitrogens with two attached hydrogens (primary N) is 5. The molecule has 0 aromatic rings. The monoisotopic (exact) mass is 514 g/mol. The van der Waals surface area contributed by atoms with E-state index in [-0.39, 0.29) is 50.2 Å². The van der Waals surface area contributed by atoms with Crippen LogP contribution in [-0.4, -0.2) is 78.0 Å². The van der Waals surface area contributed by atoms with Crippen molar-refractivity contribution in [1.29, 1.82) is 0 Å². The predicted octanol–water partition coefficient (Wildman–Crippen LogP) is -2.97. The molecule has 15 heteroatoms. The first-order valence-electron chi connectivity index (χ1n) is 11.7. The number of aliphatic imine (C=N–C) groups is 2. The Labute approximate surface area is 211 Å². The van der Waals surface area contributed by atoms with E-state index in [0.29, 0.717) is 12.8 Å². The molecule has 0 aliphatic carbocycles. The van der Waals surface area contributed by atoms with Gasteiger partial charge in [0.1, 0.15) is 18.1 Å². The van der Waals surface area contributed by atoms with Crippen LogP contribution in [0.15, 0.2) is 9.98 Å². The molecular formula is C21H42N10O5. The Balaban J connectivity index is 5.62. The maximum atomic E-state index is 13.1. The van der Waals surface area contributed by atoms with Crippen LogP contribution >= 0.6 is 0 Å². The van der Waals surface area contributed by atoms with Gasteiger partial charge in [-0.1, -0.05) is 13.8 Å². The molecule has 15 nitrogen and oxygen atoms in total. The van der Waals surface area contributed by atoms with Crippen molar-refractivity contribution in [2.75, 3.05) is 13.1 Å². The summed E-state index contributed by atoms with van der Waals surface area (Å²) in [5.74, 6) is -3.31. The van der Waals surface area contributed by atoms with E-state index < -0.39 is 47.9 Å². The third-order valence-corrected chi connectivity index (χ3v) is 4.89. The van der Waals surface area contributed by atoms with Crippen LogP contribution in [0.1, 0.15) is 52.9 Å². The molecule has 0 aromatic carbocycles. The molecule has 0 saturated carbocycles. The number of nitrogens with zero attached hydrogens (tertiary/aromatic N) is 2. The van der Waals surface area contributed by atoms with Gasteiger partial charge in [0, 0.05) is 13.1 Å². The van der Waals surface area contributed by atoms with Crippen molar-refractivity contribution in [1.82, 2.24) is 16.0 Å². The van der Waals surface area contributed by atoms with Crippen LogP contribution < -0.4 is 44.6 Å². The molecule has 36 heavy (non-hydrogen) atoms. The average molecular weight is 515 g/mol. The summed E-state index contributed by atoms with van der Waals surface area (Å²) in [6.45, 7) is 5.53. The number of hydrogen-bond donors (Lipinski definition) is 9. The highest BCUT2D eigenvalue weighted by atomic mass is 16.4. The SMILES string of the molecule is CC(C)C[C@H](NC(=O)[C@H](CCCN=C(N)N)NC(=O)[C@H](CCCN=C(N)N)NC(=O)[C@H](C)N)C(=O)O. The van der Waals surface area contributed by atoms with E-state index in [4.69, 9.17) is 28.7 Å². The maximum absolute atomic E-state index is 13.1. The Kier molecular flexibility index (Phi) is 15.2. The Morgan fingerprint density at radius 1 is 0.722 bits per heavy atom. The van der Waals surface area contributed by atoms with Gasteiger partial charge in [-0.3, -0.25) is 24.4 Å². The zero-order valence-electron chi connectivity index (χ0n) is 21.2. The Hall–Kier alpha value is -3.62. The molecule has 0 rings (SSSR count). The summed E-state index contributed by atoms with van der Waals surface area (Å²) in [6, 6.07) is -4.14. The van der Waals surface area contributed by atoms with Crippen LogP contribution in [0.3, 0.4) is 0 Å². The lowest BCUT2D eigenvalue weighted by Gasteiger charge is -2.25. The van der Waals surface area contributed by atoms with Crippen molar-refractivity contribution in [2.24, 2.45) is 44.6 Å². The highest BCUT2D eigenvalue weighted by Crippen LogP contribution is 2.08. The van der Waals surface area contributed by atoms with Gasteiger partial charge in [0.15, 0.2) is 11.9 Å². The number of aliphatic carboxylic acids is 1. The Morgan fingerprint density at radius 2 is 1.11 bits per heavy atom. The molecule has 0 saturated heterocycles. The largest absolute Gasteiger partial charge is 0.480 e. The first-order chi connectivity index (χ1) is 16.7. The second-order valence-electron chi connectivity index (χ2n) is 8.84. The van der Waals surface area contributed by atoms with Gasteiger partial charge in [0.2, 0.25) is 17.7 Å². The number of rotatable bonds is 17. The number of hydrogen-bond acceptors (Lipinski definition) is 7. The lowest BCUT2D eigenvalue weighted by Crippen LogP contribution is -2.57. The number of carboxylic acid groups (broad SMARTS) is 1. The molecule has 0 aliphatic heterocycles. The van der Waals surface area contributed by atoms with Crippen LogP contribution in [0.5, 0.6) is 0 Å². The van der Waals surface area contributed by atoms with Crippen molar-refractivity contribution in [3.05, 3.63) is 0 Å². The minimum Gasteiger partial charge on any atom is -0.480 e. The fourth-order valence-corrected chi connectivity index (χ4v) is 3.09. The summed E-state index contributed by atoms with van der Waals surface area (Å²) in [5.41, 5.74) is 26.9. The molecule has 0 radical (unpaired) electrons. The van der Waals surface area contributed by atoms with E-state index in [1.54, 1.807) is 0 Å². The van der Waals surface area contributed by atoms with Gasteiger partial charge in [-0.15, -0.1) is 0 Å². The molecule has 0 heterocycles. The third-order valence-electron chi connectivity index (χ3n) is 4.89. The van der Waals surface area contributed by atoms with Gasteiger partial charge >= 0.3 is 5.97 Å². The molecule has 4 atom stereocenters. The van der Waals surface area contributed by atoms with E-state index >= 15 is 0 Å². The van der Waals surface area contributed by atoms with Crippen LogP contribution in [0.25, 0.3) is 0 Å². The summed E-state index contributed by atoms with van der Waals surface area (Å²) < 4.78 is 0. The molecule has 3 amide bonds. The smallest absolute Gasteiger partial charge is 0.326 e. The fourth-order valence-electron chi connectivity index (χ4n) is 3.09. The van der Waals surface area contributed by atoms with Gasteiger partial charge in [-0.05, 0) is 44.9 Å². The zero-order valence-corrected chi connectivity index (χ0v) is 21.2. The zero-order chi connectivity index (χ0) is 27.8. The minimum absolute atomic E-state index is 0.00405. The van der Waals surface area contributed by atoms with Crippen LogP contribution in [0.2, 0.25) is 0 Å². The normalized spacial score (nSPS) is 14.0. The molecular weight excluding hydrogens is 472 g/mol. The second kappa shape index (κ2) is 16.9. The van der Waals surface area contributed by atoms with E-state index in [9.17, 15) is 24.3 Å². The van der Waals surface area contributed by atoms with E-state index in [1.807, 2.05) is 13.8 Å². The van der Waals surface area contributed by atoms with Gasteiger partial charge < -0.3 is 49.7 Å². The minimum atomic E-state index is -1.19. The van der Waals surface area contributed by atoms with Crippen molar-refractivity contribution >= 4 is 35.6 Å². The van der Waals surface area contributed by atoms with E-state index in [2.05, 4.69) is 25.9 Å². The number of nitrogens with one attached hydrogen (secondary N) is 3. The molecule has 0 fully saturated rings. The highest BCUT2D eigenvalue weighted by molar-refractivity contribution is 5.94. The van der Waals surface area contributed by atoms with E-state index in [0.717, 1.165) is 0 Å². The van der Waals surface area contributed by atoms with E-state index in [1.165, 1.54) is 6.92 Å².